The molecule has 2 N–H and O–H groups in total. The number of halogens is 3. The van der Waals surface area contributed by atoms with Gasteiger partial charge in [0, 0.05) is 24.4 Å². The number of nitrogens with one attached hydrogen (secondary N) is 2. The molecule has 9 heteroatoms. The third-order valence-corrected chi connectivity index (χ3v) is 6.42. The van der Waals surface area contributed by atoms with Crippen molar-refractivity contribution in [3.8, 4) is 11.1 Å². The highest BCUT2D eigenvalue weighted by Crippen LogP contribution is 2.33. The zero-order chi connectivity index (χ0) is 24.4. The molecule has 1 amide bonds. The van der Waals surface area contributed by atoms with Crippen LogP contribution in [0.5, 0.6) is 0 Å². The Kier molecular flexibility index (Phi) is 6.25. The fraction of sp³-hybridized carbons (Fsp3) is 0.269. The van der Waals surface area contributed by atoms with Gasteiger partial charge in [-0.3, -0.25) is 14.8 Å². The smallest absolute Gasteiger partial charge is 0.326 e. The quantitative estimate of drug-likeness (QED) is 0.534. The predicted octanol–water partition coefficient (Wildman–Crippen LogP) is 5.10. The Bertz CT molecular complexity index is 1280. The second kappa shape index (κ2) is 9.50. The zero-order valence-electron chi connectivity index (χ0n) is 18.9. The number of rotatable bonds is 5. The maximum absolute atomic E-state index is 13.2. The fourth-order valence-corrected chi connectivity index (χ4v) is 4.62. The summed E-state index contributed by atoms with van der Waals surface area (Å²) in [7, 11) is 0. The third-order valence-electron chi connectivity index (χ3n) is 6.42. The SMILES string of the molecule is O=C(NC1=CC2=C(CC1)CN(Cc1ncn[nH]1)CC2)c1ccccc1-c1ccc(C(F)(F)F)cc1. The number of carbonyl (C=O) groups excluding carboxylic acids is 1. The number of hydrogen-bond donors (Lipinski definition) is 2. The molecule has 35 heavy (non-hydrogen) atoms. The van der Waals surface area contributed by atoms with Gasteiger partial charge < -0.3 is 5.32 Å². The average molecular weight is 480 g/mol. The van der Waals surface area contributed by atoms with Crippen LogP contribution in [0, 0.1) is 0 Å². The van der Waals surface area contributed by atoms with Gasteiger partial charge in [-0.2, -0.15) is 18.3 Å². The molecular formula is C26H24F3N5O. The summed E-state index contributed by atoms with van der Waals surface area (Å²) in [6, 6.07) is 11.8. The van der Waals surface area contributed by atoms with Crippen LogP contribution in [-0.2, 0) is 12.7 Å². The number of aromatic nitrogens is 3. The van der Waals surface area contributed by atoms with Crippen LogP contribution in [0.25, 0.3) is 11.1 Å². The van der Waals surface area contributed by atoms with E-state index in [0.717, 1.165) is 62.6 Å². The normalized spacial score (nSPS) is 16.6. The van der Waals surface area contributed by atoms with E-state index in [9.17, 15) is 18.0 Å². The number of nitrogens with zero attached hydrogens (tertiary/aromatic N) is 3. The van der Waals surface area contributed by atoms with Crippen LogP contribution in [-0.4, -0.2) is 39.1 Å². The van der Waals surface area contributed by atoms with Gasteiger partial charge >= 0.3 is 6.18 Å². The van der Waals surface area contributed by atoms with Gasteiger partial charge in [-0.15, -0.1) is 0 Å². The van der Waals surface area contributed by atoms with E-state index in [-0.39, 0.29) is 5.91 Å². The number of allylic oxidation sites excluding steroid dienone is 2. The molecule has 0 atom stereocenters. The number of carbonyl (C=O) groups is 1. The number of benzene rings is 2. The number of amides is 1. The molecule has 1 aromatic heterocycles. The summed E-state index contributed by atoms with van der Waals surface area (Å²) in [5, 5.41) is 9.83. The van der Waals surface area contributed by atoms with Crippen LogP contribution >= 0.6 is 0 Å². The van der Waals surface area contributed by atoms with Crippen molar-refractivity contribution in [1.29, 1.82) is 0 Å². The molecule has 1 aliphatic heterocycles. The van der Waals surface area contributed by atoms with Gasteiger partial charge in [0.05, 0.1) is 12.1 Å². The summed E-state index contributed by atoms with van der Waals surface area (Å²) in [4.78, 5) is 19.7. The van der Waals surface area contributed by atoms with E-state index in [0.29, 0.717) is 16.7 Å². The van der Waals surface area contributed by atoms with Crippen LogP contribution in [0.3, 0.4) is 0 Å². The van der Waals surface area contributed by atoms with E-state index in [2.05, 4.69) is 31.5 Å². The Balaban J connectivity index is 1.30. The molecular weight excluding hydrogens is 455 g/mol. The van der Waals surface area contributed by atoms with Gasteiger partial charge in [0.25, 0.3) is 5.91 Å². The molecule has 0 saturated carbocycles. The molecule has 0 spiro atoms. The number of aromatic amines is 1. The van der Waals surface area contributed by atoms with E-state index >= 15 is 0 Å². The molecule has 2 heterocycles. The van der Waals surface area contributed by atoms with Crippen molar-refractivity contribution in [2.24, 2.45) is 0 Å². The standard InChI is InChI=1S/C26H24F3N5O/c27-26(28,29)20-8-5-17(6-9-20)22-3-1-2-4-23(22)25(35)32-21-10-7-19-14-34(12-11-18(19)13-21)15-24-30-16-31-33-24/h1-6,8-9,13,16H,7,10-12,14-15H2,(H,32,35)(H,30,31,33). The predicted molar refractivity (Wildman–Crippen MR) is 125 cm³/mol. The molecule has 2 aliphatic rings. The third kappa shape index (κ3) is 5.19. The molecule has 3 aromatic rings. The van der Waals surface area contributed by atoms with Gasteiger partial charge in [-0.05, 0) is 60.2 Å². The summed E-state index contributed by atoms with van der Waals surface area (Å²) in [5.74, 6) is 0.582. The van der Waals surface area contributed by atoms with Crippen molar-refractivity contribution >= 4 is 5.91 Å². The van der Waals surface area contributed by atoms with Crippen LogP contribution in [0.1, 0.15) is 41.0 Å². The van der Waals surface area contributed by atoms with Crippen molar-refractivity contribution in [3.63, 3.8) is 0 Å². The highest BCUT2D eigenvalue weighted by molar-refractivity contribution is 6.01. The van der Waals surface area contributed by atoms with Crippen molar-refractivity contribution in [1.82, 2.24) is 25.4 Å². The second-order valence-electron chi connectivity index (χ2n) is 8.77. The minimum Gasteiger partial charge on any atom is -0.326 e. The maximum Gasteiger partial charge on any atom is 0.416 e. The number of H-pyrrole nitrogens is 1. The first-order valence-electron chi connectivity index (χ1n) is 11.4. The Labute approximate surface area is 200 Å². The fourth-order valence-electron chi connectivity index (χ4n) is 4.62. The zero-order valence-corrected chi connectivity index (χ0v) is 18.9. The highest BCUT2D eigenvalue weighted by Gasteiger charge is 2.30. The minimum absolute atomic E-state index is 0.265. The van der Waals surface area contributed by atoms with Gasteiger partial charge in [0.1, 0.15) is 12.2 Å². The second-order valence-corrected chi connectivity index (χ2v) is 8.77. The first-order valence-corrected chi connectivity index (χ1v) is 11.4. The summed E-state index contributed by atoms with van der Waals surface area (Å²) >= 11 is 0. The molecule has 0 radical (unpaired) electrons. The van der Waals surface area contributed by atoms with Gasteiger partial charge in [-0.1, -0.05) is 35.9 Å². The van der Waals surface area contributed by atoms with E-state index < -0.39 is 11.7 Å². The van der Waals surface area contributed by atoms with Crippen LogP contribution in [0.2, 0.25) is 0 Å². The lowest BCUT2D eigenvalue weighted by molar-refractivity contribution is -0.137. The Morgan fingerprint density at radius 3 is 2.60 bits per heavy atom. The first kappa shape index (κ1) is 23.0. The maximum atomic E-state index is 13.2. The molecule has 0 fully saturated rings. The lowest BCUT2D eigenvalue weighted by atomic mass is 9.90. The number of hydrogen-bond acceptors (Lipinski definition) is 4. The van der Waals surface area contributed by atoms with E-state index in [4.69, 9.17) is 0 Å². The molecule has 1 aliphatic carbocycles. The van der Waals surface area contributed by atoms with Gasteiger partial charge in [0.15, 0.2) is 0 Å². The molecule has 0 bridgehead atoms. The van der Waals surface area contributed by atoms with E-state index in [1.54, 1.807) is 24.3 Å². The topological polar surface area (TPSA) is 73.9 Å². The van der Waals surface area contributed by atoms with Gasteiger partial charge in [0.2, 0.25) is 0 Å². The van der Waals surface area contributed by atoms with Crippen molar-refractivity contribution in [2.75, 3.05) is 13.1 Å². The summed E-state index contributed by atoms with van der Waals surface area (Å²) < 4.78 is 38.8. The largest absolute Gasteiger partial charge is 0.416 e. The summed E-state index contributed by atoms with van der Waals surface area (Å²) in [6.45, 7) is 2.49. The molecule has 180 valence electrons. The molecule has 5 rings (SSSR count). The average Bonchev–Trinajstić information content (AvgIpc) is 3.37. The number of alkyl halides is 3. The molecule has 6 nitrogen and oxygen atoms in total. The molecule has 2 aromatic carbocycles. The monoisotopic (exact) mass is 479 g/mol. The van der Waals surface area contributed by atoms with Crippen LogP contribution < -0.4 is 5.32 Å². The lowest BCUT2D eigenvalue weighted by Gasteiger charge is -2.32. The lowest BCUT2D eigenvalue weighted by Crippen LogP contribution is -2.33. The summed E-state index contributed by atoms with van der Waals surface area (Å²) in [5.41, 5.74) is 4.36. The Morgan fingerprint density at radius 2 is 1.86 bits per heavy atom. The van der Waals surface area contributed by atoms with Crippen LogP contribution in [0.4, 0.5) is 13.2 Å². The minimum atomic E-state index is -4.40. The van der Waals surface area contributed by atoms with Crippen molar-refractivity contribution in [2.45, 2.75) is 32.0 Å². The summed E-state index contributed by atoms with van der Waals surface area (Å²) in [6.07, 6.45) is 1.67. The molecule has 0 unspecified atom stereocenters. The van der Waals surface area contributed by atoms with Crippen molar-refractivity contribution < 1.29 is 18.0 Å². The van der Waals surface area contributed by atoms with E-state index in [1.165, 1.54) is 29.6 Å². The highest BCUT2D eigenvalue weighted by atomic mass is 19.4. The van der Waals surface area contributed by atoms with Crippen LogP contribution in [0.15, 0.2) is 77.8 Å². The Morgan fingerprint density at radius 1 is 1.06 bits per heavy atom. The van der Waals surface area contributed by atoms with E-state index in [1.807, 2.05) is 0 Å². The molecule has 0 saturated heterocycles. The van der Waals surface area contributed by atoms with Gasteiger partial charge in [-0.25, -0.2) is 4.98 Å². The van der Waals surface area contributed by atoms with Crippen molar-refractivity contribution in [3.05, 3.63) is 94.7 Å². The first-order chi connectivity index (χ1) is 16.9. The Hall–Kier alpha value is -3.72.